The molecule has 1 amide bonds. The largest absolute Gasteiger partial charge is 0.496 e. The molecule has 0 fully saturated rings. The number of carbonyl (C=O) groups excluding carboxylic acids is 1. The number of rotatable bonds is 5. The summed E-state index contributed by atoms with van der Waals surface area (Å²) in [6.07, 6.45) is 1.37. The van der Waals surface area contributed by atoms with Crippen molar-refractivity contribution in [3.05, 3.63) is 57.1 Å². The molecule has 0 bridgehead atoms. The molecule has 0 radical (unpaired) electrons. The van der Waals surface area contributed by atoms with E-state index in [9.17, 15) is 9.59 Å². The number of hydrogen-bond acceptors (Lipinski definition) is 7. The fourth-order valence-electron chi connectivity index (χ4n) is 4.08. The first-order valence-corrected chi connectivity index (χ1v) is 11.8. The molecule has 0 unspecified atom stereocenters. The monoisotopic (exact) mass is 479 g/mol. The first-order chi connectivity index (χ1) is 16.2. The Labute approximate surface area is 199 Å². The third-order valence-electron chi connectivity index (χ3n) is 5.65. The van der Waals surface area contributed by atoms with Crippen LogP contribution < -0.4 is 15.8 Å². The fraction of sp³-hybridized carbons (Fsp3) is 0.333. The van der Waals surface area contributed by atoms with Crippen molar-refractivity contribution in [2.45, 2.75) is 33.6 Å². The van der Waals surface area contributed by atoms with Crippen molar-refractivity contribution in [2.75, 3.05) is 13.7 Å². The Hall–Kier alpha value is -3.66. The van der Waals surface area contributed by atoms with Gasteiger partial charge < -0.3 is 14.5 Å². The maximum absolute atomic E-state index is 13.2. The van der Waals surface area contributed by atoms with Gasteiger partial charge in [0.05, 0.1) is 28.9 Å². The highest BCUT2D eigenvalue weighted by Gasteiger charge is 2.30. The lowest BCUT2D eigenvalue weighted by Gasteiger charge is -2.23. The zero-order valence-corrected chi connectivity index (χ0v) is 20.2. The Morgan fingerprint density at radius 2 is 2.15 bits per heavy atom. The third-order valence-corrected chi connectivity index (χ3v) is 6.52. The van der Waals surface area contributed by atoms with Gasteiger partial charge in [0.25, 0.3) is 11.8 Å². The van der Waals surface area contributed by atoms with E-state index in [1.54, 1.807) is 18.4 Å². The van der Waals surface area contributed by atoms with Gasteiger partial charge in [-0.1, -0.05) is 26.8 Å². The maximum atomic E-state index is 13.2. The number of thiophene rings is 1. The zero-order valence-electron chi connectivity index (χ0n) is 19.4. The number of aromatic amines is 1. The minimum Gasteiger partial charge on any atom is -0.496 e. The lowest BCUT2D eigenvalue weighted by Crippen LogP contribution is -2.33. The van der Waals surface area contributed by atoms with Crippen LogP contribution in [0.5, 0.6) is 5.75 Å². The summed E-state index contributed by atoms with van der Waals surface area (Å²) in [7, 11) is 1.57. The van der Waals surface area contributed by atoms with Crippen LogP contribution in [0.25, 0.3) is 27.8 Å². The van der Waals surface area contributed by atoms with Crippen molar-refractivity contribution in [3.8, 4) is 33.6 Å². The smallest absolute Gasteiger partial charge is 0.434 e. The highest BCUT2D eigenvalue weighted by Crippen LogP contribution is 2.40. The van der Waals surface area contributed by atoms with Gasteiger partial charge >= 0.3 is 5.76 Å². The minimum absolute atomic E-state index is 0.0441. The van der Waals surface area contributed by atoms with Crippen LogP contribution in [0.2, 0.25) is 0 Å². The van der Waals surface area contributed by atoms with Gasteiger partial charge in [-0.15, -0.1) is 16.4 Å². The molecule has 3 aromatic heterocycles. The zero-order chi connectivity index (χ0) is 24.0. The molecule has 0 aliphatic carbocycles. The number of nitrogens with zero attached hydrogens (tertiary/aromatic N) is 3. The Kier molecular flexibility index (Phi) is 5.40. The third kappa shape index (κ3) is 3.94. The summed E-state index contributed by atoms with van der Waals surface area (Å²) in [6, 6.07) is 7.76. The molecule has 0 saturated heterocycles. The number of nitrogens with one attached hydrogen (secondary N) is 2. The maximum Gasteiger partial charge on any atom is 0.434 e. The number of aryl methyl sites for hydroxylation is 1. The number of methoxy groups -OCH3 is 1. The number of fused-ring (bicyclic) bond motifs is 3. The van der Waals surface area contributed by atoms with Crippen LogP contribution in [-0.2, 0) is 12.8 Å². The summed E-state index contributed by atoms with van der Waals surface area (Å²) >= 11 is 1.56. The molecule has 10 heteroatoms. The molecule has 176 valence electrons. The molecule has 4 heterocycles. The van der Waals surface area contributed by atoms with Gasteiger partial charge in [0.1, 0.15) is 11.4 Å². The van der Waals surface area contributed by atoms with Crippen LogP contribution >= 0.6 is 11.3 Å². The number of imidazole rings is 1. The quantitative estimate of drug-likeness (QED) is 0.450. The molecule has 5 rings (SSSR count). The van der Waals surface area contributed by atoms with Gasteiger partial charge in [0.2, 0.25) is 0 Å². The van der Waals surface area contributed by atoms with Gasteiger partial charge in [-0.05, 0) is 47.4 Å². The molecule has 0 atom stereocenters. The molecular formula is C24H25N5O4S. The van der Waals surface area contributed by atoms with Crippen LogP contribution in [0, 0.1) is 5.41 Å². The lowest BCUT2D eigenvalue weighted by molar-refractivity contribution is 0.0933. The first-order valence-electron chi connectivity index (χ1n) is 11.0. The molecule has 2 N–H and O–H groups in total. The van der Waals surface area contributed by atoms with Crippen LogP contribution in [0.15, 0.2) is 38.9 Å². The van der Waals surface area contributed by atoms with E-state index in [2.05, 4.69) is 36.3 Å². The van der Waals surface area contributed by atoms with Crippen molar-refractivity contribution in [1.82, 2.24) is 25.1 Å². The van der Waals surface area contributed by atoms with Gasteiger partial charge in [-0.3, -0.25) is 9.36 Å². The summed E-state index contributed by atoms with van der Waals surface area (Å²) in [4.78, 5) is 30.5. The number of aromatic nitrogens is 4. The number of hydrogen-bond donors (Lipinski definition) is 2. The summed E-state index contributed by atoms with van der Waals surface area (Å²) in [5.74, 6) is 0.565. The van der Waals surface area contributed by atoms with E-state index in [1.165, 1.54) is 0 Å². The van der Waals surface area contributed by atoms with Crippen molar-refractivity contribution >= 4 is 17.2 Å². The number of amides is 1. The molecular weight excluding hydrogens is 454 g/mol. The van der Waals surface area contributed by atoms with E-state index < -0.39 is 5.76 Å². The summed E-state index contributed by atoms with van der Waals surface area (Å²) in [6.45, 7) is 6.77. The second-order valence-corrected chi connectivity index (χ2v) is 10.3. The van der Waals surface area contributed by atoms with E-state index in [4.69, 9.17) is 14.1 Å². The Morgan fingerprint density at radius 1 is 1.32 bits per heavy atom. The SMILES string of the molecule is COc1cc2c(cc1-c1n[nH]c(=O)o1)-n1c(-c3cccs3)nc(C(=O)NCC(C)(C)C)c1CC2. The van der Waals surface area contributed by atoms with E-state index in [0.29, 0.717) is 42.2 Å². The van der Waals surface area contributed by atoms with Crippen molar-refractivity contribution in [1.29, 1.82) is 0 Å². The second kappa shape index (κ2) is 8.28. The molecule has 1 aliphatic rings. The van der Waals surface area contributed by atoms with Gasteiger partial charge in [-0.2, -0.15) is 0 Å². The van der Waals surface area contributed by atoms with E-state index in [1.807, 2.05) is 34.2 Å². The highest BCUT2D eigenvalue weighted by molar-refractivity contribution is 7.13. The highest BCUT2D eigenvalue weighted by atomic mass is 32.1. The summed E-state index contributed by atoms with van der Waals surface area (Å²) in [5.41, 5.74) is 3.68. The molecule has 0 saturated carbocycles. The topological polar surface area (TPSA) is 115 Å². The van der Waals surface area contributed by atoms with Crippen LogP contribution in [-0.4, -0.2) is 39.3 Å². The van der Waals surface area contributed by atoms with Crippen LogP contribution in [0.4, 0.5) is 0 Å². The Balaban J connectivity index is 1.69. The van der Waals surface area contributed by atoms with E-state index in [-0.39, 0.29) is 17.2 Å². The van der Waals surface area contributed by atoms with E-state index in [0.717, 1.165) is 21.8 Å². The normalized spacial score (nSPS) is 12.8. The fourth-order valence-corrected chi connectivity index (χ4v) is 4.78. The summed E-state index contributed by atoms with van der Waals surface area (Å²) in [5, 5.41) is 11.3. The average Bonchev–Trinajstić information content (AvgIpc) is 3.55. The predicted octanol–water partition coefficient (Wildman–Crippen LogP) is 3.83. The molecule has 1 aliphatic heterocycles. The van der Waals surface area contributed by atoms with Crippen LogP contribution in [0.1, 0.15) is 42.5 Å². The van der Waals surface area contributed by atoms with Crippen molar-refractivity contribution in [3.63, 3.8) is 0 Å². The number of ether oxygens (including phenoxy) is 1. The predicted molar refractivity (Wildman–Crippen MR) is 129 cm³/mol. The standard InChI is InChI=1S/C24H25N5O4S/c1-24(2,3)12-25-21(30)19-15-8-7-13-10-17(32-4)14(22-27-28-23(31)33-22)11-16(13)29(15)20(26-19)18-6-5-9-34-18/h5-6,9-11H,7-8,12H2,1-4H3,(H,25,30)(H,28,31). The lowest BCUT2D eigenvalue weighted by atomic mass is 9.96. The molecule has 1 aromatic carbocycles. The summed E-state index contributed by atoms with van der Waals surface area (Å²) < 4.78 is 12.8. The molecule has 4 aromatic rings. The molecule has 0 spiro atoms. The average molecular weight is 480 g/mol. The molecule has 34 heavy (non-hydrogen) atoms. The van der Waals surface area contributed by atoms with Crippen molar-refractivity contribution < 1.29 is 13.9 Å². The minimum atomic E-state index is -0.643. The Morgan fingerprint density at radius 3 is 2.79 bits per heavy atom. The van der Waals surface area contributed by atoms with Gasteiger partial charge in [0.15, 0.2) is 5.82 Å². The van der Waals surface area contributed by atoms with Crippen LogP contribution in [0.3, 0.4) is 0 Å². The first kappa shape index (κ1) is 22.1. The van der Waals surface area contributed by atoms with Gasteiger partial charge in [-0.25, -0.2) is 14.9 Å². The van der Waals surface area contributed by atoms with Gasteiger partial charge in [0, 0.05) is 6.54 Å². The van der Waals surface area contributed by atoms with E-state index >= 15 is 0 Å². The van der Waals surface area contributed by atoms with Crippen molar-refractivity contribution in [2.24, 2.45) is 5.41 Å². The Bertz CT molecular complexity index is 1420. The second-order valence-electron chi connectivity index (χ2n) is 9.39. The molecule has 9 nitrogen and oxygen atoms in total. The number of carbonyl (C=O) groups is 1. The number of benzene rings is 1. The number of H-pyrrole nitrogens is 1.